The monoisotopic (exact) mass is 459 g/mol. The van der Waals surface area contributed by atoms with E-state index in [9.17, 15) is 14.3 Å². The third-order valence-electron chi connectivity index (χ3n) is 6.43. The number of H-pyrrole nitrogens is 2. The van der Waals surface area contributed by atoms with Gasteiger partial charge in [-0.15, -0.1) is 0 Å². The van der Waals surface area contributed by atoms with Crippen molar-refractivity contribution in [1.29, 1.82) is 0 Å². The molecule has 3 aromatic heterocycles. The van der Waals surface area contributed by atoms with Gasteiger partial charge in [-0.3, -0.25) is 0 Å². The highest BCUT2D eigenvalue weighted by Crippen LogP contribution is 2.46. The molecule has 0 bridgehead atoms. The Bertz CT molecular complexity index is 1550. The van der Waals surface area contributed by atoms with Crippen LogP contribution in [0.4, 0.5) is 4.39 Å². The molecule has 0 radical (unpaired) electrons. The largest absolute Gasteiger partial charge is 0.497 e. The number of nitrogens with zero attached hydrogens (tertiary/aromatic N) is 1. The highest BCUT2D eigenvalue weighted by atomic mass is 19.1. The standard InChI is InChI=1S/C27H26FN3O3/c1-5-31-25(20-10-15(28)11-21-18(20)7-9-29-21)23(14(2)3)24(26(31)27(32)33)19-12-16(34-4)13-22-17(19)6-8-30-22/h6-14,29-30H,5H2,1-4H3,(H,32,33). The zero-order valence-corrected chi connectivity index (χ0v) is 19.5. The van der Waals surface area contributed by atoms with Crippen LogP contribution < -0.4 is 4.74 Å². The number of rotatable bonds is 6. The van der Waals surface area contributed by atoms with Gasteiger partial charge in [0.2, 0.25) is 0 Å². The molecule has 0 fully saturated rings. The molecule has 7 heteroatoms. The molecule has 0 amide bonds. The molecule has 0 saturated carbocycles. The number of nitrogens with one attached hydrogen (secondary N) is 2. The van der Waals surface area contributed by atoms with Crippen LogP contribution in [0.15, 0.2) is 48.8 Å². The predicted octanol–water partition coefficient (Wildman–Crippen LogP) is 6.77. The van der Waals surface area contributed by atoms with Crippen molar-refractivity contribution in [3.05, 3.63) is 65.9 Å². The lowest BCUT2D eigenvalue weighted by molar-refractivity contribution is 0.0686. The zero-order chi connectivity index (χ0) is 24.1. The Hall–Kier alpha value is -4.00. The predicted molar refractivity (Wildman–Crippen MR) is 132 cm³/mol. The smallest absolute Gasteiger partial charge is 0.353 e. The number of hydrogen-bond donors (Lipinski definition) is 3. The molecule has 3 heterocycles. The SMILES string of the molecule is CCn1c(C(=O)O)c(-c2cc(OC)cc3[nH]ccc23)c(C(C)C)c1-c1cc(F)cc2[nH]ccc12. The van der Waals surface area contributed by atoms with Gasteiger partial charge in [0.15, 0.2) is 0 Å². The number of ether oxygens (including phenoxy) is 1. The minimum atomic E-state index is -1.03. The number of fused-ring (bicyclic) bond motifs is 2. The summed E-state index contributed by atoms with van der Waals surface area (Å²) in [5, 5.41) is 12.2. The van der Waals surface area contributed by atoms with Gasteiger partial charge in [0.1, 0.15) is 17.3 Å². The minimum Gasteiger partial charge on any atom is -0.497 e. The number of aromatic nitrogens is 3. The van der Waals surface area contributed by atoms with Crippen molar-refractivity contribution < 1.29 is 19.0 Å². The van der Waals surface area contributed by atoms with Gasteiger partial charge in [0.25, 0.3) is 0 Å². The highest BCUT2D eigenvalue weighted by Gasteiger charge is 2.31. The van der Waals surface area contributed by atoms with Crippen LogP contribution in [0, 0.1) is 5.82 Å². The van der Waals surface area contributed by atoms with Crippen molar-refractivity contribution >= 4 is 27.8 Å². The van der Waals surface area contributed by atoms with Crippen LogP contribution in [0.1, 0.15) is 42.7 Å². The lowest BCUT2D eigenvalue weighted by atomic mass is 9.89. The van der Waals surface area contributed by atoms with E-state index >= 15 is 0 Å². The Morgan fingerprint density at radius 2 is 1.71 bits per heavy atom. The lowest BCUT2D eigenvalue weighted by Crippen LogP contribution is -2.09. The molecule has 0 saturated heterocycles. The van der Waals surface area contributed by atoms with Gasteiger partial charge in [-0.25, -0.2) is 9.18 Å². The maximum absolute atomic E-state index is 14.7. The molecule has 0 atom stereocenters. The molecule has 5 aromatic rings. The second-order valence-corrected chi connectivity index (χ2v) is 8.70. The molecule has 5 rings (SSSR count). The molecule has 174 valence electrons. The Morgan fingerprint density at radius 3 is 2.29 bits per heavy atom. The molecule has 0 aliphatic rings. The first-order valence-electron chi connectivity index (χ1n) is 11.3. The van der Waals surface area contributed by atoms with Crippen molar-refractivity contribution in [2.45, 2.75) is 33.2 Å². The summed E-state index contributed by atoms with van der Waals surface area (Å²) >= 11 is 0. The van der Waals surface area contributed by atoms with Gasteiger partial charge in [0.05, 0.1) is 12.8 Å². The van der Waals surface area contributed by atoms with E-state index in [0.717, 1.165) is 33.1 Å². The van der Waals surface area contributed by atoms with E-state index in [0.29, 0.717) is 28.9 Å². The van der Waals surface area contributed by atoms with E-state index in [4.69, 9.17) is 4.74 Å². The first-order chi connectivity index (χ1) is 16.3. The van der Waals surface area contributed by atoms with Crippen LogP contribution in [0.5, 0.6) is 5.75 Å². The highest BCUT2D eigenvalue weighted by molar-refractivity contribution is 6.07. The summed E-state index contributed by atoms with van der Waals surface area (Å²) in [4.78, 5) is 19.1. The van der Waals surface area contributed by atoms with E-state index < -0.39 is 5.97 Å². The fourth-order valence-corrected chi connectivity index (χ4v) is 5.09. The first-order valence-corrected chi connectivity index (χ1v) is 11.3. The average molecular weight is 460 g/mol. The Labute approximate surface area is 196 Å². The van der Waals surface area contributed by atoms with E-state index in [-0.39, 0.29) is 17.4 Å². The molecule has 0 spiro atoms. The van der Waals surface area contributed by atoms with Crippen LogP contribution in [-0.2, 0) is 6.54 Å². The van der Waals surface area contributed by atoms with Crippen molar-refractivity contribution in [2.24, 2.45) is 0 Å². The fourth-order valence-electron chi connectivity index (χ4n) is 5.09. The minimum absolute atomic E-state index is 0.0339. The number of hydrogen-bond acceptors (Lipinski definition) is 2. The molecule has 2 aromatic carbocycles. The summed E-state index contributed by atoms with van der Waals surface area (Å²) in [6.07, 6.45) is 3.60. The molecule has 0 unspecified atom stereocenters. The van der Waals surface area contributed by atoms with Crippen molar-refractivity contribution in [3.8, 4) is 28.1 Å². The topological polar surface area (TPSA) is 83.0 Å². The summed E-state index contributed by atoms with van der Waals surface area (Å²) in [7, 11) is 1.59. The first kappa shape index (κ1) is 21.8. The number of carboxylic acids is 1. The Balaban J connectivity index is 1.99. The maximum Gasteiger partial charge on any atom is 0.353 e. The van der Waals surface area contributed by atoms with Gasteiger partial charge in [-0.2, -0.15) is 0 Å². The molecule has 0 aliphatic carbocycles. The quantitative estimate of drug-likeness (QED) is 0.262. The van der Waals surface area contributed by atoms with E-state index in [2.05, 4.69) is 9.97 Å². The summed E-state index contributed by atoms with van der Waals surface area (Å²) < 4.78 is 22.1. The van der Waals surface area contributed by atoms with Crippen molar-refractivity contribution in [3.63, 3.8) is 0 Å². The van der Waals surface area contributed by atoms with Crippen molar-refractivity contribution in [2.75, 3.05) is 7.11 Å². The number of aromatic carboxylic acids is 1. The number of aromatic amines is 2. The van der Waals surface area contributed by atoms with Crippen LogP contribution >= 0.6 is 0 Å². The van der Waals surface area contributed by atoms with E-state index in [1.165, 1.54) is 12.1 Å². The van der Waals surface area contributed by atoms with Crippen LogP contribution in [0.25, 0.3) is 44.2 Å². The van der Waals surface area contributed by atoms with Crippen LogP contribution in [0.3, 0.4) is 0 Å². The second kappa shape index (κ2) is 8.09. The summed E-state index contributed by atoms with van der Waals surface area (Å²) in [6, 6.07) is 10.6. The number of halogens is 1. The molecular formula is C27H26FN3O3. The molecule has 3 N–H and O–H groups in total. The Morgan fingerprint density at radius 1 is 1.06 bits per heavy atom. The number of carbonyl (C=O) groups is 1. The van der Waals surface area contributed by atoms with Crippen LogP contribution in [0.2, 0.25) is 0 Å². The molecule has 34 heavy (non-hydrogen) atoms. The third-order valence-corrected chi connectivity index (χ3v) is 6.43. The number of methoxy groups -OCH3 is 1. The summed E-state index contributed by atoms with van der Waals surface area (Å²) in [6.45, 7) is 6.40. The summed E-state index contributed by atoms with van der Waals surface area (Å²) in [5.74, 6) is -0.816. The average Bonchev–Trinajstić information content (AvgIpc) is 3.53. The van der Waals surface area contributed by atoms with Gasteiger partial charge < -0.3 is 24.4 Å². The zero-order valence-electron chi connectivity index (χ0n) is 19.5. The second-order valence-electron chi connectivity index (χ2n) is 8.70. The molecular weight excluding hydrogens is 433 g/mol. The lowest BCUT2D eigenvalue weighted by Gasteiger charge is -2.15. The maximum atomic E-state index is 14.7. The van der Waals surface area contributed by atoms with Crippen molar-refractivity contribution in [1.82, 2.24) is 14.5 Å². The van der Waals surface area contributed by atoms with Gasteiger partial charge in [0, 0.05) is 57.9 Å². The van der Waals surface area contributed by atoms with Gasteiger partial charge in [-0.1, -0.05) is 13.8 Å². The normalized spacial score (nSPS) is 11.7. The van der Waals surface area contributed by atoms with E-state index in [1.807, 2.05) is 51.2 Å². The van der Waals surface area contributed by atoms with Gasteiger partial charge in [-0.05, 0) is 54.3 Å². The van der Waals surface area contributed by atoms with E-state index in [1.54, 1.807) is 17.9 Å². The molecule has 6 nitrogen and oxygen atoms in total. The fraction of sp³-hybridized carbons (Fsp3) is 0.222. The van der Waals surface area contributed by atoms with Crippen LogP contribution in [-0.4, -0.2) is 32.7 Å². The third kappa shape index (κ3) is 3.19. The number of carboxylic acid groups (broad SMARTS) is 1. The summed E-state index contributed by atoms with van der Waals surface area (Å²) in [5.41, 5.74) is 5.37. The molecule has 0 aliphatic heterocycles. The van der Waals surface area contributed by atoms with Gasteiger partial charge >= 0.3 is 5.97 Å². The number of benzene rings is 2. The Kier molecular flexibility index (Phi) is 5.20.